The van der Waals surface area contributed by atoms with Crippen molar-refractivity contribution in [2.45, 2.75) is 19.9 Å². The maximum atomic E-state index is 13.2. The van der Waals surface area contributed by atoms with Crippen LogP contribution in [0.15, 0.2) is 58.0 Å². The Morgan fingerprint density at radius 2 is 2.00 bits per heavy atom. The first-order chi connectivity index (χ1) is 13.6. The summed E-state index contributed by atoms with van der Waals surface area (Å²) in [6, 6.07) is 13.8. The number of guanidine groups is 1. The van der Waals surface area contributed by atoms with E-state index in [1.165, 1.54) is 12.1 Å². The van der Waals surface area contributed by atoms with Crippen molar-refractivity contribution in [1.82, 2.24) is 20.8 Å². The molecule has 0 saturated heterocycles. The number of nitrogens with one attached hydrogen (secondary N) is 2. The minimum absolute atomic E-state index is 0.231. The lowest BCUT2D eigenvalue weighted by Crippen LogP contribution is -2.38. The Kier molecular flexibility index (Phi) is 6.97. The molecule has 2 aromatic carbocycles. The fourth-order valence-corrected chi connectivity index (χ4v) is 2.67. The minimum Gasteiger partial charge on any atom is -0.357 e. The first-order valence-corrected chi connectivity index (χ1v) is 9.37. The Morgan fingerprint density at radius 1 is 1.18 bits per heavy atom. The molecule has 0 atom stereocenters. The maximum Gasteiger partial charge on any atom is 0.248 e. The number of nitrogens with zero attached hydrogens (tertiary/aromatic N) is 3. The molecule has 3 aromatic rings. The van der Waals surface area contributed by atoms with Gasteiger partial charge in [-0.3, -0.25) is 0 Å². The van der Waals surface area contributed by atoms with Crippen molar-refractivity contribution in [3.8, 4) is 11.4 Å². The van der Waals surface area contributed by atoms with Gasteiger partial charge < -0.3 is 15.2 Å². The Bertz CT molecular complexity index is 926. The van der Waals surface area contributed by atoms with Crippen molar-refractivity contribution in [2.24, 2.45) is 4.99 Å². The van der Waals surface area contributed by atoms with Gasteiger partial charge in [-0.1, -0.05) is 28.9 Å². The van der Waals surface area contributed by atoms with Crippen LogP contribution in [0.1, 0.15) is 18.4 Å². The van der Waals surface area contributed by atoms with Crippen molar-refractivity contribution in [1.29, 1.82) is 0 Å². The third kappa shape index (κ3) is 5.79. The predicted molar refractivity (Wildman–Crippen MR) is 108 cm³/mol. The summed E-state index contributed by atoms with van der Waals surface area (Å²) in [7, 11) is 0. The topological polar surface area (TPSA) is 75.3 Å². The Labute approximate surface area is 167 Å². The first kappa shape index (κ1) is 19.8. The van der Waals surface area contributed by atoms with E-state index in [0.717, 1.165) is 11.1 Å². The number of aliphatic imine (C=N–C) groups is 1. The molecule has 2 N–H and O–H groups in total. The van der Waals surface area contributed by atoms with E-state index < -0.39 is 0 Å². The largest absolute Gasteiger partial charge is 0.357 e. The van der Waals surface area contributed by atoms with Gasteiger partial charge in [-0.25, -0.2) is 9.38 Å². The highest BCUT2D eigenvalue weighted by Gasteiger charge is 2.08. The lowest BCUT2D eigenvalue weighted by Gasteiger charge is -2.10. The van der Waals surface area contributed by atoms with E-state index in [1.807, 2.05) is 25.1 Å². The van der Waals surface area contributed by atoms with Gasteiger partial charge in [-0.05, 0) is 55.3 Å². The molecule has 8 heteroatoms. The molecule has 0 unspecified atom stereocenters. The second-order valence-electron chi connectivity index (χ2n) is 6.02. The number of halogens is 2. The van der Waals surface area contributed by atoms with Gasteiger partial charge in [0.1, 0.15) is 12.4 Å². The van der Waals surface area contributed by atoms with Crippen LogP contribution in [0.25, 0.3) is 11.4 Å². The molecular weight excluding hydrogens is 381 g/mol. The molecule has 0 radical (unpaired) electrons. The van der Waals surface area contributed by atoms with Crippen LogP contribution in [0.3, 0.4) is 0 Å². The Balaban J connectivity index is 1.57. The molecule has 0 aliphatic rings. The van der Waals surface area contributed by atoms with E-state index in [1.54, 1.807) is 18.2 Å². The zero-order chi connectivity index (χ0) is 19.8. The fourth-order valence-electron chi connectivity index (χ4n) is 2.54. The second kappa shape index (κ2) is 9.85. The summed E-state index contributed by atoms with van der Waals surface area (Å²) >= 11 is 5.89. The monoisotopic (exact) mass is 401 g/mol. The highest BCUT2D eigenvalue weighted by atomic mass is 35.5. The molecule has 0 aliphatic carbocycles. The standard InChI is InChI=1S/C20H21ClFN5O/c1-2-23-20(24-11-10-14-4-3-5-17(22)12-14)25-13-18-26-19(27-28-18)15-6-8-16(21)9-7-15/h3-9,12H,2,10-11,13H2,1H3,(H2,23,24,25). The molecule has 0 saturated carbocycles. The summed E-state index contributed by atoms with van der Waals surface area (Å²) in [5.74, 6) is 1.30. The van der Waals surface area contributed by atoms with E-state index in [9.17, 15) is 4.39 Å². The van der Waals surface area contributed by atoms with E-state index in [4.69, 9.17) is 16.1 Å². The quantitative estimate of drug-likeness (QED) is 0.465. The van der Waals surface area contributed by atoms with Crippen LogP contribution < -0.4 is 10.6 Å². The normalized spacial score (nSPS) is 11.5. The van der Waals surface area contributed by atoms with Crippen LogP contribution in [0.4, 0.5) is 4.39 Å². The average molecular weight is 402 g/mol. The molecule has 0 bridgehead atoms. The van der Waals surface area contributed by atoms with Crippen molar-refractivity contribution in [3.05, 3.63) is 70.8 Å². The van der Waals surface area contributed by atoms with Gasteiger partial charge in [0.25, 0.3) is 0 Å². The molecule has 0 fully saturated rings. The Hall–Kier alpha value is -2.93. The minimum atomic E-state index is -0.231. The summed E-state index contributed by atoms with van der Waals surface area (Å²) in [5, 5.41) is 11.0. The molecule has 1 aromatic heterocycles. The van der Waals surface area contributed by atoms with E-state index in [2.05, 4.69) is 25.8 Å². The van der Waals surface area contributed by atoms with E-state index in [0.29, 0.717) is 42.2 Å². The molecule has 28 heavy (non-hydrogen) atoms. The summed E-state index contributed by atoms with van der Waals surface area (Å²) in [4.78, 5) is 8.81. The first-order valence-electron chi connectivity index (χ1n) is 8.99. The van der Waals surface area contributed by atoms with Gasteiger partial charge in [0.05, 0.1) is 0 Å². The molecule has 1 heterocycles. The van der Waals surface area contributed by atoms with Crippen LogP contribution in [0.5, 0.6) is 0 Å². The highest BCUT2D eigenvalue weighted by molar-refractivity contribution is 6.30. The zero-order valence-corrected chi connectivity index (χ0v) is 16.2. The summed E-state index contributed by atoms with van der Waals surface area (Å²) in [6.07, 6.45) is 0.684. The third-order valence-electron chi connectivity index (χ3n) is 3.88. The summed E-state index contributed by atoms with van der Waals surface area (Å²) in [6.45, 7) is 3.56. The highest BCUT2D eigenvalue weighted by Crippen LogP contribution is 2.18. The third-order valence-corrected chi connectivity index (χ3v) is 4.13. The van der Waals surface area contributed by atoms with Crippen LogP contribution in [-0.2, 0) is 13.0 Å². The summed E-state index contributed by atoms with van der Waals surface area (Å²) in [5.41, 5.74) is 1.75. The van der Waals surface area contributed by atoms with Crippen LogP contribution >= 0.6 is 11.6 Å². The van der Waals surface area contributed by atoms with Gasteiger partial charge in [-0.15, -0.1) is 0 Å². The number of benzene rings is 2. The Morgan fingerprint density at radius 3 is 2.75 bits per heavy atom. The van der Waals surface area contributed by atoms with Gasteiger partial charge in [0.15, 0.2) is 5.96 Å². The number of aromatic nitrogens is 2. The average Bonchev–Trinajstić information content (AvgIpc) is 3.16. The summed E-state index contributed by atoms with van der Waals surface area (Å²) < 4.78 is 18.5. The molecule has 0 spiro atoms. The van der Waals surface area contributed by atoms with Crippen molar-refractivity contribution < 1.29 is 8.91 Å². The van der Waals surface area contributed by atoms with Crippen LogP contribution in [0.2, 0.25) is 5.02 Å². The van der Waals surface area contributed by atoms with Gasteiger partial charge in [-0.2, -0.15) is 4.98 Å². The van der Waals surface area contributed by atoms with Crippen molar-refractivity contribution in [2.75, 3.05) is 13.1 Å². The lowest BCUT2D eigenvalue weighted by molar-refractivity contribution is 0.380. The fraction of sp³-hybridized carbons (Fsp3) is 0.250. The molecular formula is C20H21ClFN5O. The number of hydrogen-bond acceptors (Lipinski definition) is 4. The van der Waals surface area contributed by atoms with Crippen molar-refractivity contribution >= 4 is 17.6 Å². The molecule has 3 rings (SSSR count). The van der Waals surface area contributed by atoms with Crippen LogP contribution in [0, 0.1) is 5.82 Å². The SMILES string of the molecule is CCNC(=NCc1nc(-c2ccc(Cl)cc2)no1)NCCc1cccc(F)c1. The maximum absolute atomic E-state index is 13.2. The van der Waals surface area contributed by atoms with Crippen molar-refractivity contribution in [3.63, 3.8) is 0 Å². The van der Waals surface area contributed by atoms with E-state index >= 15 is 0 Å². The molecule has 0 aliphatic heterocycles. The molecule has 0 amide bonds. The molecule has 6 nitrogen and oxygen atoms in total. The number of hydrogen-bond donors (Lipinski definition) is 2. The molecule has 146 valence electrons. The predicted octanol–water partition coefficient (Wildman–Crippen LogP) is 3.83. The van der Waals surface area contributed by atoms with Gasteiger partial charge >= 0.3 is 0 Å². The lowest BCUT2D eigenvalue weighted by atomic mass is 10.1. The smallest absolute Gasteiger partial charge is 0.248 e. The number of rotatable bonds is 7. The van der Waals surface area contributed by atoms with Crippen LogP contribution in [-0.4, -0.2) is 29.2 Å². The van der Waals surface area contributed by atoms with Gasteiger partial charge in [0, 0.05) is 23.7 Å². The van der Waals surface area contributed by atoms with E-state index in [-0.39, 0.29) is 12.4 Å². The second-order valence-corrected chi connectivity index (χ2v) is 6.46. The van der Waals surface area contributed by atoms with Gasteiger partial charge in [0.2, 0.25) is 11.7 Å². The zero-order valence-electron chi connectivity index (χ0n) is 15.5.